The molecule has 0 aliphatic heterocycles. The number of carboxylic acids is 1. The second kappa shape index (κ2) is 6.46. The first-order chi connectivity index (χ1) is 3.80. The Kier molecular flexibility index (Phi) is 8.62. The van der Waals surface area contributed by atoms with E-state index < -0.39 is 5.97 Å². The van der Waals surface area contributed by atoms with Crippen molar-refractivity contribution in [2.75, 3.05) is 0 Å². The van der Waals surface area contributed by atoms with Crippen LogP contribution in [0.5, 0.6) is 0 Å². The van der Waals surface area contributed by atoms with Crippen molar-refractivity contribution in [3.8, 4) is 0 Å². The summed E-state index contributed by atoms with van der Waals surface area (Å²) in [7, 11) is 0. The molecule has 0 atom stereocenters. The summed E-state index contributed by atoms with van der Waals surface area (Å²) in [5, 5.41) is 9.84. The molecule has 42 valence electrons. The monoisotopic (exact) mass is 156 g/mol. The van der Waals surface area contributed by atoms with E-state index in [1.165, 1.54) is 12.1 Å². The molecule has 0 unspecified atom stereocenters. The van der Waals surface area contributed by atoms with Crippen molar-refractivity contribution < 1.29 is 73.4 Å². The number of carbonyl (C=O) groups is 1. The molecule has 5 heteroatoms. The third-order valence-corrected chi connectivity index (χ3v) is 0.673. The number of hydrogen-bond acceptors (Lipinski definition) is 3. The van der Waals surface area contributed by atoms with Crippen LogP contribution in [0.15, 0.2) is 16.5 Å². The normalized spacial score (nSPS) is 7.20. The predicted octanol–water partition coefficient (Wildman–Crippen LogP) is -6.55. The van der Waals surface area contributed by atoms with Gasteiger partial charge in [0.25, 0.3) is 0 Å². The minimum Gasteiger partial charge on any atom is -0.590 e. The van der Waals surface area contributed by atoms with Gasteiger partial charge in [0.1, 0.15) is 0 Å². The van der Waals surface area contributed by atoms with Gasteiger partial charge in [-0.2, -0.15) is 6.07 Å². The maximum Gasteiger partial charge on any atom is 1.00 e. The Morgan fingerprint density at radius 2 is 2.20 bits per heavy atom. The summed E-state index contributed by atoms with van der Waals surface area (Å²) in [6.07, 6.45) is 2.22. The fourth-order valence-corrected chi connectivity index (χ4v) is 0.351. The van der Waals surface area contributed by atoms with Crippen molar-refractivity contribution in [2.45, 2.75) is 0 Å². The number of rotatable bonds is 1. The van der Waals surface area contributed by atoms with Crippen molar-refractivity contribution in [3.63, 3.8) is 0 Å². The Balaban J connectivity index is 0. The molecule has 0 fully saturated rings. The van der Waals surface area contributed by atoms with Gasteiger partial charge >= 0.3 is 59.1 Å². The van der Waals surface area contributed by atoms with Gasteiger partial charge in [-0.1, -0.05) is 0 Å². The maximum atomic E-state index is 9.84. The zero-order chi connectivity index (χ0) is 5.98. The van der Waals surface area contributed by atoms with Crippen molar-refractivity contribution in [3.05, 3.63) is 24.2 Å². The van der Waals surface area contributed by atoms with Gasteiger partial charge in [-0.25, -0.2) is 0 Å². The molecule has 0 radical (unpaired) electrons. The van der Waals surface area contributed by atoms with Crippen LogP contribution in [0.2, 0.25) is 0 Å². The van der Waals surface area contributed by atoms with E-state index in [-0.39, 0.29) is 64.9 Å². The summed E-state index contributed by atoms with van der Waals surface area (Å²) in [6, 6.07) is 2.64. The van der Waals surface area contributed by atoms with Gasteiger partial charge in [-0.05, 0) is 12.0 Å². The van der Waals surface area contributed by atoms with Gasteiger partial charge < -0.3 is 14.3 Å². The summed E-state index contributed by atoms with van der Waals surface area (Å²) in [5.74, 6) is -1.50. The first kappa shape index (κ1) is 13.3. The molecule has 0 amide bonds. The minimum absolute atomic E-state index is 0. The van der Waals surface area contributed by atoms with Gasteiger partial charge in [0, 0.05) is 5.97 Å². The molecule has 3 nitrogen and oxygen atoms in total. The molecule has 10 heavy (non-hydrogen) atoms. The Labute approximate surface area is 102 Å². The Bertz CT molecular complexity index is 183. The second-order valence-corrected chi connectivity index (χ2v) is 1.20. The molecular formula is C5H2Na2O3. The van der Waals surface area contributed by atoms with Crippen LogP contribution in [-0.2, 0) is 0 Å². The Morgan fingerprint density at radius 1 is 1.60 bits per heavy atom. The number of hydrogen-bond donors (Lipinski definition) is 0. The molecule has 1 rings (SSSR count). The van der Waals surface area contributed by atoms with Gasteiger partial charge in [0.05, 0.1) is 0 Å². The van der Waals surface area contributed by atoms with E-state index in [4.69, 9.17) is 0 Å². The summed E-state index contributed by atoms with van der Waals surface area (Å²) in [6.45, 7) is 0. The summed E-state index contributed by atoms with van der Waals surface area (Å²) < 4.78 is 4.31. The predicted molar refractivity (Wildman–Crippen MR) is 21.9 cm³/mol. The van der Waals surface area contributed by atoms with E-state index in [1.807, 2.05) is 0 Å². The smallest absolute Gasteiger partial charge is 0.590 e. The van der Waals surface area contributed by atoms with E-state index in [0.717, 1.165) is 0 Å². The third kappa shape index (κ3) is 3.81. The number of carboxylic acid groups (broad SMARTS) is 1. The van der Waals surface area contributed by atoms with Crippen LogP contribution in [0, 0.1) is 6.26 Å². The van der Waals surface area contributed by atoms with Crippen molar-refractivity contribution >= 4 is 5.97 Å². The molecule has 1 heterocycles. The van der Waals surface area contributed by atoms with Crippen LogP contribution >= 0.6 is 0 Å². The average Bonchev–Trinajstić information content (AvgIpc) is 2.12. The van der Waals surface area contributed by atoms with E-state index in [0.29, 0.717) is 0 Å². The zero-order valence-corrected chi connectivity index (χ0v) is 9.88. The van der Waals surface area contributed by atoms with Gasteiger partial charge in [0.2, 0.25) is 0 Å². The largest absolute Gasteiger partial charge is 1.00 e. The van der Waals surface area contributed by atoms with Crippen molar-refractivity contribution in [1.29, 1.82) is 0 Å². The van der Waals surface area contributed by atoms with E-state index in [1.54, 1.807) is 0 Å². The van der Waals surface area contributed by atoms with Gasteiger partial charge in [0.15, 0.2) is 0 Å². The molecule has 0 bridgehead atoms. The summed E-state index contributed by atoms with van der Waals surface area (Å²) >= 11 is 0. The average molecular weight is 156 g/mol. The first-order valence-corrected chi connectivity index (χ1v) is 1.98. The van der Waals surface area contributed by atoms with Crippen LogP contribution in [0.1, 0.15) is 10.6 Å². The van der Waals surface area contributed by atoms with Crippen molar-refractivity contribution in [2.24, 2.45) is 0 Å². The molecule has 0 aliphatic carbocycles. The third-order valence-electron chi connectivity index (χ3n) is 0.673. The fraction of sp³-hybridized carbons (Fsp3) is 0. The molecule has 0 aliphatic rings. The Hall–Kier alpha value is 0.750. The molecule has 0 aromatic carbocycles. The maximum absolute atomic E-state index is 9.84. The molecule has 1 aromatic heterocycles. The minimum atomic E-state index is -1.31. The van der Waals surface area contributed by atoms with E-state index >= 15 is 0 Å². The van der Waals surface area contributed by atoms with Crippen LogP contribution in [0.3, 0.4) is 0 Å². The molecule has 1 aromatic rings. The molecule has 0 saturated carbocycles. The standard InChI is InChI=1S/C5H3O3.2Na/c6-5(7)4-2-1-3-8-4;;/h1-2H,(H,6,7);;/q-1;2*+1/p-1. The van der Waals surface area contributed by atoms with Crippen LogP contribution in [0.4, 0.5) is 0 Å². The van der Waals surface area contributed by atoms with Crippen LogP contribution in [-0.4, -0.2) is 5.97 Å². The Morgan fingerprint density at radius 3 is 2.40 bits per heavy atom. The van der Waals surface area contributed by atoms with E-state index in [9.17, 15) is 9.90 Å². The topological polar surface area (TPSA) is 53.3 Å². The number of carbonyl (C=O) groups excluding carboxylic acids is 1. The van der Waals surface area contributed by atoms with Crippen LogP contribution in [0.25, 0.3) is 0 Å². The molecule has 0 N–H and O–H groups in total. The second-order valence-electron chi connectivity index (χ2n) is 1.20. The quantitative estimate of drug-likeness (QED) is 0.300. The SMILES string of the molecule is O=C([O-])c1cc[c-]o1.[Na+].[Na+]. The summed E-state index contributed by atoms with van der Waals surface area (Å²) in [5.41, 5.74) is 0. The van der Waals surface area contributed by atoms with Gasteiger partial charge in [-0.3, -0.25) is 0 Å². The van der Waals surface area contributed by atoms with Crippen molar-refractivity contribution in [1.82, 2.24) is 0 Å². The molecular weight excluding hydrogens is 154 g/mol. The van der Waals surface area contributed by atoms with Crippen LogP contribution < -0.4 is 64.2 Å². The summed E-state index contributed by atoms with van der Waals surface area (Å²) in [4.78, 5) is 9.84. The molecule has 0 saturated heterocycles. The fourth-order valence-electron chi connectivity index (χ4n) is 0.351. The number of aromatic carboxylic acids is 1. The molecule has 0 spiro atoms. The zero-order valence-electron chi connectivity index (χ0n) is 5.88. The van der Waals surface area contributed by atoms with E-state index in [2.05, 4.69) is 10.7 Å². The number of furan rings is 1. The van der Waals surface area contributed by atoms with Gasteiger partial charge in [-0.15, -0.1) is 6.07 Å². The first-order valence-electron chi connectivity index (χ1n) is 1.98.